The predicted molar refractivity (Wildman–Crippen MR) is 103 cm³/mol. The minimum Gasteiger partial charge on any atom is -0.456 e. The lowest BCUT2D eigenvalue weighted by Gasteiger charge is -2.56. The third kappa shape index (κ3) is 3.94. The van der Waals surface area contributed by atoms with Gasteiger partial charge in [0.05, 0.1) is 6.10 Å². The van der Waals surface area contributed by atoms with E-state index >= 15 is 0 Å². The molecule has 2 aliphatic heterocycles. The largest absolute Gasteiger partial charge is 0.456 e. The number of benzene rings is 1. The minimum absolute atomic E-state index is 0.311. The lowest BCUT2D eigenvalue weighted by atomic mass is 9.95. The van der Waals surface area contributed by atoms with Crippen LogP contribution in [0.3, 0.4) is 0 Å². The topological polar surface area (TPSA) is 72.5 Å². The summed E-state index contributed by atoms with van der Waals surface area (Å²) in [6, 6.07) is 9.81. The average molecular weight is 413 g/mol. The Hall–Kier alpha value is -1.16. The summed E-state index contributed by atoms with van der Waals surface area (Å²) in [5.41, 5.74) is -0.459. The second-order valence-electron chi connectivity index (χ2n) is 7.18. The predicted octanol–water partition coefficient (Wildman–Crippen LogP) is 2.96. The van der Waals surface area contributed by atoms with Crippen LogP contribution in [0, 0.1) is 0 Å². The van der Waals surface area contributed by atoms with E-state index in [1.165, 1.54) is 32.9 Å². The number of rotatable bonds is 5. The summed E-state index contributed by atoms with van der Waals surface area (Å²) in [4.78, 5) is 12.8. The fourth-order valence-corrected chi connectivity index (χ4v) is 4.67. The maximum absolute atomic E-state index is 11.8. The van der Waals surface area contributed by atoms with Gasteiger partial charge in [-0.3, -0.25) is 4.79 Å². The Bertz CT molecular complexity index is 686. The van der Waals surface area contributed by atoms with Crippen LogP contribution >= 0.6 is 11.8 Å². The van der Waals surface area contributed by atoms with E-state index in [9.17, 15) is 4.79 Å². The molecule has 0 aromatic heterocycles. The third-order valence-electron chi connectivity index (χ3n) is 5.35. The van der Waals surface area contributed by atoms with E-state index in [4.69, 9.17) is 28.4 Å². The number of carbonyl (C=O) groups is 1. The van der Waals surface area contributed by atoms with E-state index < -0.39 is 41.3 Å². The average Bonchev–Trinajstić information content (AvgIpc) is 2.67. The standard InChI is InChI=1S/C20H28O7S/c1-12-15-16(27-20(4,23-6)19(3,22-5)26-15)17(25-13(2)21)18(24-12)28-14-10-8-7-9-11-14/h7-12,15-18H,1-6H3/t12-,15-,16+,17+,18-,19+,20+/m0/s1. The molecule has 0 N–H and O–H groups in total. The number of fused-ring (bicyclic) bond motifs is 1. The summed E-state index contributed by atoms with van der Waals surface area (Å²) in [7, 11) is 3.06. The van der Waals surface area contributed by atoms with Crippen molar-refractivity contribution in [3.05, 3.63) is 30.3 Å². The smallest absolute Gasteiger partial charge is 0.303 e. The van der Waals surface area contributed by atoms with E-state index in [0.717, 1.165) is 4.90 Å². The lowest BCUT2D eigenvalue weighted by Crippen LogP contribution is -2.72. The quantitative estimate of drug-likeness (QED) is 0.684. The summed E-state index contributed by atoms with van der Waals surface area (Å²) >= 11 is 1.48. The molecule has 156 valence electrons. The maximum Gasteiger partial charge on any atom is 0.303 e. The van der Waals surface area contributed by atoms with E-state index in [1.54, 1.807) is 13.8 Å². The number of thioether (sulfide) groups is 1. The minimum atomic E-state index is -1.19. The van der Waals surface area contributed by atoms with E-state index in [-0.39, 0.29) is 6.10 Å². The molecule has 7 nitrogen and oxygen atoms in total. The second kappa shape index (κ2) is 8.30. The van der Waals surface area contributed by atoms with Crippen LogP contribution in [0.1, 0.15) is 27.7 Å². The van der Waals surface area contributed by atoms with E-state index in [1.807, 2.05) is 37.3 Å². The summed E-state index contributed by atoms with van der Waals surface area (Å²) in [6.07, 6.45) is -2.07. The van der Waals surface area contributed by atoms with Crippen molar-refractivity contribution in [1.82, 2.24) is 0 Å². The summed E-state index contributed by atoms with van der Waals surface area (Å²) in [6.45, 7) is 6.78. The molecule has 0 unspecified atom stereocenters. The molecule has 0 saturated carbocycles. The van der Waals surface area contributed by atoms with Crippen LogP contribution in [0.4, 0.5) is 0 Å². The molecule has 1 aromatic rings. The molecular formula is C20H28O7S. The Morgan fingerprint density at radius 2 is 1.61 bits per heavy atom. The molecule has 28 heavy (non-hydrogen) atoms. The maximum atomic E-state index is 11.8. The first-order chi connectivity index (χ1) is 13.2. The van der Waals surface area contributed by atoms with Gasteiger partial charge in [-0.1, -0.05) is 30.0 Å². The van der Waals surface area contributed by atoms with E-state index in [0.29, 0.717) is 0 Å². The molecule has 8 heteroatoms. The van der Waals surface area contributed by atoms with Gasteiger partial charge >= 0.3 is 5.97 Å². The molecule has 2 saturated heterocycles. The normalized spacial score (nSPS) is 40.6. The Kier molecular flexibility index (Phi) is 6.38. The van der Waals surface area contributed by atoms with Gasteiger partial charge in [0.25, 0.3) is 0 Å². The molecule has 0 aliphatic carbocycles. The molecule has 0 amide bonds. The Morgan fingerprint density at radius 3 is 2.14 bits per heavy atom. The van der Waals surface area contributed by atoms with Gasteiger partial charge in [-0.25, -0.2) is 0 Å². The highest BCUT2D eigenvalue weighted by atomic mass is 32.2. The van der Waals surface area contributed by atoms with Gasteiger partial charge in [-0.15, -0.1) is 0 Å². The third-order valence-corrected chi connectivity index (χ3v) is 6.51. The first-order valence-electron chi connectivity index (χ1n) is 9.23. The molecule has 0 spiro atoms. The molecule has 7 atom stereocenters. The van der Waals surface area contributed by atoms with Gasteiger partial charge in [0.15, 0.2) is 6.10 Å². The molecular weight excluding hydrogens is 384 g/mol. The van der Waals surface area contributed by atoms with Crippen molar-refractivity contribution in [3.63, 3.8) is 0 Å². The monoisotopic (exact) mass is 412 g/mol. The number of carbonyl (C=O) groups excluding carboxylic acids is 1. The van der Waals surface area contributed by atoms with Crippen LogP contribution in [-0.2, 0) is 33.2 Å². The SMILES string of the molecule is CO[C@]1(C)O[C@@H]2[C@@H](O[C@@]1(C)OC)[C@H](C)O[C@@H](Sc1ccccc1)[C@@H]2OC(C)=O. The van der Waals surface area contributed by atoms with Crippen molar-refractivity contribution in [2.24, 2.45) is 0 Å². The van der Waals surface area contributed by atoms with Gasteiger partial charge in [0, 0.05) is 26.0 Å². The second-order valence-corrected chi connectivity index (χ2v) is 8.35. The highest BCUT2D eigenvalue weighted by Gasteiger charge is 2.62. The van der Waals surface area contributed by atoms with Crippen molar-refractivity contribution in [2.75, 3.05) is 14.2 Å². The van der Waals surface area contributed by atoms with Crippen molar-refractivity contribution in [2.45, 2.75) is 74.0 Å². The number of esters is 1. The summed E-state index contributed by atoms with van der Waals surface area (Å²) < 4.78 is 35.6. The zero-order valence-electron chi connectivity index (χ0n) is 17.0. The number of methoxy groups -OCH3 is 2. The van der Waals surface area contributed by atoms with E-state index in [2.05, 4.69) is 0 Å². The molecule has 1 aromatic carbocycles. The van der Waals surface area contributed by atoms with Crippen LogP contribution in [-0.4, -0.2) is 61.6 Å². The lowest BCUT2D eigenvalue weighted by molar-refractivity contribution is -0.468. The van der Waals surface area contributed by atoms with Crippen LogP contribution in [0.5, 0.6) is 0 Å². The number of ether oxygens (including phenoxy) is 6. The fourth-order valence-electron chi connectivity index (χ4n) is 3.52. The van der Waals surface area contributed by atoms with Crippen LogP contribution in [0.15, 0.2) is 35.2 Å². The van der Waals surface area contributed by atoms with Crippen LogP contribution in [0.25, 0.3) is 0 Å². The van der Waals surface area contributed by atoms with Crippen molar-refractivity contribution in [1.29, 1.82) is 0 Å². The zero-order valence-corrected chi connectivity index (χ0v) is 17.9. The molecule has 0 bridgehead atoms. The fraction of sp³-hybridized carbons (Fsp3) is 0.650. The van der Waals surface area contributed by atoms with Crippen molar-refractivity contribution >= 4 is 17.7 Å². The first kappa shape index (κ1) is 21.5. The number of hydrogen-bond donors (Lipinski definition) is 0. The Labute approximate surface area is 169 Å². The Balaban J connectivity index is 1.93. The molecule has 0 radical (unpaired) electrons. The first-order valence-corrected chi connectivity index (χ1v) is 10.1. The van der Waals surface area contributed by atoms with Crippen LogP contribution < -0.4 is 0 Å². The molecule has 2 aliphatic rings. The van der Waals surface area contributed by atoms with Gasteiger partial charge < -0.3 is 28.4 Å². The summed E-state index contributed by atoms with van der Waals surface area (Å²) in [5.74, 6) is -2.76. The highest BCUT2D eigenvalue weighted by molar-refractivity contribution is 7.99. The van der Waals surface area contributed by atoms with Gasteiger partial charge in [0.1, 0.15) is 17.6 Å². The highest BCUT2D eigenvalue weighted by Crippen LogP contribution is 2.46. The molecule has 3 rings (SSSR count). The van der Waals surface area contributed by atoms with Gasteiger partial charge in [-0.2, -0.15) is 0 Å². The van der Waals surface area contributed by atoms with Crippen LogP contribution in [0.2, 0.25) is 0 Å². The number of hydrogen-bond acceptors (Lipinski definition) is 8. The van der Waals surface area contributed by atoms with Gasteiger partial charge in [-0.05, 0) is 32.9 Å². The Morgan fingerprint density at radius 1 is 1.04 bits per heavy atom. The van der Waals surface area contributed by atoms with Crippen molar-refractivity contribution in [3.8, 4) is 0 Å². The molecule has 2 heterocycles. The van der Waals surface area contributed by atoms with Crippen molar-refractivity contribution < 1.29 is 33.2 Å². The molecule has 2 fully saturated rings. The zero-order chi connectivity index (χ0) is 20.5. The summed E-state index contributed by atoms with van der Waals surface area (Å²) in [5, 5.41) is 0. The van der Waals surface area contributed by atoms with Gasteiger partial charge in [0.2, 0.25) is 11.6 Å².